The van der Waals surface area contributed by atoms with Gasteiger partial charge in [0.05, 0.1) is 11.5 Å². The highest BCUT2D eigenvalue weighted by Crippen LogP contribution is 2.17. The zero-order chi connectivity index (χ0) is 18.4. The van der Waals surface area contributed by atoms with E-state index in [1.165, 1.54) is 18.4 Å². The Morgan fingerprint density at radius 2 is 2.04 bits per heavy atom. The Labute approximate surface area is 150 Å². The lowest BCUT2D eigenvalue weighted by Crippen LogP contribution is -2.39. The number of aliphatic imine (C=N–C) groups is 1. The van der Waals surface area contributed by atoms with E-state index in [0.717, 1.165) is 37.6 Å². The van der Waals surface area contributed by atoms with E-state index in [4.69, 9.17) is 4.74 Å². The molecule has 1 aliphatic rings. The van der Waals surface area contributed by atoms with Crippen LogP contribution in [0.3, 0.4) is 0 Å². The molecule has 1 aliphatic heterocycles. The van der Waals surface area contributed by atoms with Gasteiger partial charge in [0.1, 0.15) is 0 Å². The molecule has 0 bridgehead atoms. The minimum absolute atomic E-state index is 0.299. The van der Waals surface area contributed by atoms with E-state index in [1.807, 2.05) is 12.1 Å². The van der Waals surface area contributed by atoms with Gasteiger partial charge in [-0.3, -0.25) is 4.99 Å². The van der Waals surface area contributed by atoms with Crippen LogP contribution in [0.15, 0.2) is 34.2 Å². The predicted octanol–water partition coefficient (Wildman–Crippen LogP) is 0.981. The monoisotopic (exact) mass is 368 g/mol. The first-order valence-electron chi connectivity index (χ1n) is 8.34. The number of likely N-dealkylation sites (tertiary alicyclic amines) is 1. The molecule has 0 spiro atoms. The van der Waals surface area contributed by atoms with Crippen LogP contribution in [0.25, 0.3) is 0 Å². The molecule has 1 atom stereocenters. The van der Waals surface area contributed by atoms with Crippen molar-refractivity contribution in [1.82, 2.24) is 14.5 Å². The minimum Gasteiger partial charge on any atom is -0.384 e. The van der Waals surface area contributed by atoms with Gasteiger partial charge in [-0.1, -0.05) is 12.1 Å². The van der Waals surface area contributed by atoms with Crippen molar-refractivity contribution in [2.75, 3.05) is 47.9 Å². The molecule has 1 aromatic carbocycles. The molecule has 0 amide bonds. The molecule has 1 unspecified atom stereocenters. The average Bonchev–Trinajstić information content (AvgIpc) is 3.04. The summed E-state index contributed by atoms with van der Waals surface area (Å²) in [5, 5.41) is 3.35. The van der Waals surface area contributed by atoms with E-state index in [0.29, 0.717) is 17.4 Å². The molecule has 8 heteroatoms. The van der Waals surface area contributed by atoms with Crippen molar-refractivity contribution in [3.8, 4) is 0 Å². The average molecular weight is 369 g/mol. The second-order valence-corrected chi connectivity index (χ2v) is 8.54. The van der Waals surface area contributed by atoms with Gasteiger partial charge in [-0.05, 0) is 24.1 Å². The summed E-state index contributed by atoms with van der Waals surface area (Å²) < 4.78 is 30.6. The number of rotatable bonds is 6. The summed E-state index contributed by atoms with van der Waals surface area (Å²) in [6.07, 6.45) is 1.10. The number of ether oxygens (including phenoxy) is 1. The largest absolute Gasteiger partial charge is 0.384 e. The van der Waals surface area contributed by atoms with Gasteiger partial charge in [-0.25, -0.2) is 12.7 Å². The molecule has 7 nitrogen and oxygen atoms in total. The Balaban J connectivity index is 1.94. The van der Waals surface area contributed by atoms with Crippen molar-refractivity contribution in [1.29, 1.82) is 0 Å². The maximum Gasteiger partial charge on any atom is 0.242 e. The molecule has 0 aliphatic carbocycles. The van der Waals surface area contributed by atoms with Crippen LogP contribution in [0.4, 0.5) is 0 Å². The van der Waals surface area contributed by atoms with Crippen LogP contribution in [0.1, 0.15) is 12.0 Å². The fourth-order valence-electron chi connectivity index (χ4n) is 2.90. The van der Waals surface area contributed by atoms with Gasteiger partial charge in [-0.15, -0.1) is 0 Å². The number of guanidine groups is 1. The summed E-state index contributed by atoms with van der Waals surface area (Å²) in [7, 11) is 3.18. The molecule has 0 saturated carbocycles. The number of methoxy groups -OCH3 is 1. The molecule has 1 saturated heterocycles. The fourth-order valence-corrected chi connectivity index (χ4v) is 3.80. The summed E-state index contributed by atoms with van der Waals surface area (Å²) >= 11 is 0. The molecule has 1 fully saturated rings. The third-order valence-electron chi connectivity index (χ3n) is 4.35. The van der Waals surface area contributed by atoms with Crippen molar-refractivity contribution < 1.29 is 13.2 Å². The third kappa shape index (κ3) is 4.93. The number of benzene rings is 1. The Kier molecular flexibility index (Phi) is 6.80. The zero-order valence-electron chi connectivity index (χ0n) is 15.4. The van der Waals surface area contributed by atoms with Crippen molar-refractivity contribution in [2.24, 2.45) is 10.9 Å². The summed E-state index contributed by atoms with van der Waals surface area (Å²) in [5.41, 5.74) is 1.01. The van der Waals surface area contributed by atoms with Crippen LogP contribution in [-0.2, 0) is 21.3 Å². The van der Waals surface area contributed by atoms with Gasteiger partial charge in [0, 0.05) is 53.8 Å². The summed E-state index contributed by atoms with van der Waals surface area (Å²) in [6, 6.07) is 6.93. The molecular weight excluding hydrogens is 340 g/mol. The SMILES string of the molecule is CN=C(NCc1ccc(S(=O)(=O)N(C)C)cc1)N1CCC(COC)C1. The van der Waals surface area contributed by atoms with E-state index in [-0.39, 0.29) is 0 Å². The normalized spacial score (nSPS) is 18.8. The maximum atomic E-state index is 12.1. The Morgan fingerprint density at radius 1 is 1.36 bits per heavy atom. The molecule has 1 N–H and O–H groups in total. The van der Waals surface area contributed by atoms with Crippen LogP contribution >= 0.6 is 0 Å². The molecule has 2 rings (SSSR count). The fraction of sp³-hybridized carbons (Fsp3) is 0.588. The number of hydrogen-bond donors (Lipinski definition) is 1. The smallest absolute Gasteiger partial charge is 0.242 e. The van der Waals surface area contributed by atoms with Crippen molar-refractivity contribution in [3.05, 3.63) is 29.8 Å². The highest BCUT2D eigenvalue weighted by Gasteiger charge is 2.24. The second kappa shape index (κ2) is 8.64. The summed E-state index contributed by atoms with van der Waals surface area (Å²) in [5.74, 6) is 1.41. The Morgan fingerprint density at radius 3 is 2.60 bits per heavy atom. The second-order valence-electron chi connectivity index (χ2n) is 6.39. The zero-order valence-corrected chi connectivity index (χ0v) is 16.2. The van der Waals surface area contributed by atoms with Gasteiger partial charge in [0.2, 0.25) is 10.0 Å². The minimum atomic E-state index is -3.39. The van der Waals surface area contributed by atoms with Crippen molar-refractivity contribution in [2.45, 2.75) is 17.9 Å². The topological polar surface area (TPSA) is 74.2 Å². The third-order valence-corrected chi connectivity index (χ3v) is 6.18. The van der Waals surface area contributed by atoms with Crippen LogP contribution in [0.2, 0.25) is 0 Å². The number of nitrogens with zero attached hydrogens (tertiary/aromatic N) is 3. The molecule has 0 radical (unpaired) electrons. The van der Waals surface area contributed by atoms with E-state index in [1.54, 1.807) is 26.3 Å². The van der Waals surface area contributed by atoms with Crippen LogP contribution < -0.4 is 5.32 Å². The van der Waals surface area contributed by atoms with Gasteiger partial charge in [0.15, 0.2) is 5.96 Å². The number of hydrogen-bond acceptors (Lipinski definition) is 4. The lowest BCUT2D eigenvalue weighted by atomic mass is 10.1. The van der Waals surface area contributed by atoms with Crippen LogP contribution in [0.5, 0.6) is 0 Å². The van der Waals surface area contributed by atoms with E-state index in [9.17, 15) is 8.42 Å². The lowest BCUT2D eigenvalue weighted by Gasteiger charge is -2.21. The highest BCUT2D eigenvalue weighted by molar-refractivity contribution is 7.89. The first kappa shape index (κ1) is 19.7. The summed E-state index contributed by atoms with van der Waals surface area (Å²) in [6.45, 7) is 3.27. The molecular formula is C17H28N4O3S. The lowest BCUT2D eigenvalue weighted by molar-refractivity contribution is 0.157. The summed E-state index contributed by atoms with van der Waals surface area (Å²) in [4.78, 5) is 6.88. The van der Waals surface area contributed by atoms with Gasteiger partial charge in [-0.2, -0.15) is 0 Å². The number of nitrogens with one attached hydrogen (secondary N) is 1. The molecule has 25 heavy (non-hydrogen) atoms. The Bertz CT molecular complexity index is 686. The molecule has 1 aromatic rings. The van der Waals surface area contributed by atoms with E-state index in [2.05, 4.69) is 15.2 Å². The standard InChI is InChI=1S/C17H28N4O3S/c1-18-17(21-10-9-15(12-21)13-24-4)19-11-14-5-7-16(8-6-14)25(22,23)20(2)3/h5-8,15H,9-13H2,1-4H3,(H,18,19). The van der Waals surface area contributed by atoms with E-state index < -0.39 is 10.0 Å². The van der Waals surface area contributed by atoms with Gasteiger partial charge in [0.25, 0.3) is 0 Å². The van der Waals surface area contributed by atoms with Gasteiger partial charge < -0.3 is 15.0 Å². The maximum absolute atomic E-state index is 12.1. The van der Waals surface area contributed by atoms with Crippen molar-refractivity contribution >= 4 is 16.0 Å². The first-order chi connectivity index (χ1) is 11.9. The van der Waals surface area contributed by atoms with Crippen molar-refractivity contribution in [3.63, 3.8) is 0 Å². The van der Waals surface area contributed by atoms with Gasteiger partial charge >= 0.3 is 0 Å². The van der Waals surface area contributed by atoms with Crippen LogP contribution in [0, 0.1) is 5.92 Å². The highest BCUT2D eigenvalue weighted by atomic mass is 32.2. The number of sulfonamides is 1. The molecule has 0 aromatic heterocycles. The van der Waals surface area contributed by atoms with E-state index >= 15 is 0 Å². The quantitative estimate of drug-likeness (QED) is 0.598. The molecule has 140 valence electrons. The first-order valence-corrected chi connectivity index (χ1v) is 9.78. The Hall–Kier alpha value is -1.64. The predicted molar refractivity (Wildman–Crippen MR) is 99.1 cm³/mol. The van der Waals surface area contributed by atoms with Crippen LogP contribution in [-0.4, -0.2) is 71.5 Å². The molecule has 1 heterocycles.